The average Bonchev–Trinajstić information content (AvgIpc) is 2.08. The largest absolute Gasteiger partial charge is 0.398 e. The number of alkyl halides is 2. The molecule has 2 N–H and O–H groups in total. The standard InChI is InChI=1S/C9H8F3N/c10-7(9(11)12)5-6-3-1-2-4-8(6)13/h1-5,9H,13H2/b7-5+. The molecule has 0 unspecified atom stereocenters. The summed E-state index contributed by atoms with van der Waals surface area (Å²) in [5.41, 5.74) is 5.95. The normalized spacial score (nSPS) is 12.2. The van der Waals surface area contributed by atoms with Crippen molar-refractivity contribution >= 4 is 11.8 Å². The number of hydrogen-bond donors (Lipinski definition) is 1. The second-order valence-corrected chi connectivity index (χ2v) is 2.46. The summed E-state index contributed by atoms with van der Waals surface area (Å²) in [6.45, 7) is 0. The summed E-state index contributed by atoms with van der Waals surface area (Å²) < 4.78 is 36.0. The number of benzene rings is 1. The minimum Gasteiger partial charge on any atom is -0.398 e. The number of nitrogen functional groups attached to an aromatic ring is 1. The van der Waals surface area contributed by atoms with E-state index in [0.717, 1.165) is 6.08 Å². The Balaban J connectivity index is 2.97. The van der Waals surface area contributed by atoms with Crippen molar-refractivity contribution in [2.24, 2.45) is 0 Å². The maximum Gasteiger partial charge on any atom is 0.289 e. The zero-order chi connectivity index (χ0) is 9.84. The van der Waals surface area contributed by atoms with Crippen LogP contribution in [0.25, 0.3) is 6.08 Å². The van der Waals surface area contributed by atoms with Crippen molar-refractivity contribution in [2.75, 3.05) is 5.73 Å². The van der Waals surface area contributed by atoms with Gasteiger partial charge in [-0.2, -0.15) is 0 Å². The fourth-order valence-electron chi connectivity index (χ4n) is 0.854. The highest BCUT2D eigenvalue weighted by molar-refractivity contribution is 5.65. The Morgan fingerprint density at radius 2 is 1.92 bits per heavy atom. The van der Waals surface area contributed by atoms with E-state index in [0.29, 0.717) is 0 Å². The van der Waals surface area contributed by atoms with E-state index in [1.807, 2.05) is 0 Å². The third-order valence-corrected chi connectivity index (χ3v) is 1.50. The van der Waals surface area contributed by atoms with E-state index in [2.05, 4.69) is 0 Å². The third kappa shape index (κ3) is 2.50. The first kappa shape index (κ1) is 9.64. The van der Waals surface area contributed by atoms with Crippen molar-refractivity contribution in [1.82, 2.24) is 0 Å². The van der Waals surface area contributed by atoms with Gasteiger partial charge in [0.1, 0.15) is 0 Å². The number of anilines is 1. The topological polar surface area (TPSA) is 26.0 Å². The van der Waals surface area contributed by atoms with Gasteiger partial charge in [-0.15, -0.1) is 0 Å². The van der Waals surface area contributed by atoms with Crippen LogP contribution >= 0.6 is 0 Å². The summed E-state index contributed by atoms with van der Waals surface area (Å²) in [5, 5.41) is 0. The zero-order valence-electron chi connectivity index (χ0n) is 6.68. The van der Waals surface area contributed by atoms with Crippen molar-refractivity contribution in [2.45, 2.75) is 6.43 Å². The van der Waals surface area contributed by atoms with Crippen LogP contribution in [-0.2, 0) is 0 Å². The molecule has 1 rings (SSSR count). The zero-order valence-corrected chi connectivity index (χ0v) is 6.68. The molecule has 0 spiro atoms. The molecule has 0 atom stereocenters. The van der Waals surface area contributed by atoms with Gasteiger partial charge in [0.2, 0.25) is 0 Å². The Kier molecular flexibility index (Phi) is 2.95. The monoisotopic (exact) mass is 187 g/mol. The predicted octanol–water partition coefficient (Wildman–Crippen LogP) is 2.84. The Labute approximate surface area is 73.7 Å². The van der Waals surface area contributed by atoms with Gasteiger partial charge in [-0.1, -0.05) is 18.2 Å². The summed E-state index contributed by atoms with van der Waals surface area (Å²) in [5.74, 6) is -1.47. The van der Waals surface area contributed by atoms with Crippen LogP contribution < -0.4 is 5.73 Å². The van der Waals surface area contributed by atoms with Gasteiger partial charge in [-0.05, 0) is 12.1 Å². The third-order valence-electron chi connectivity index (χ3n) is 1.50. The van der Waals surface area contributed by atoms with E-state index >= 15 is 0 Å². The first-order valence-corrected chi connectivity index (χ1v) is 3.61. The summed E-state index contributed by atoms with van der Waals surface area (Å²) in [7, 11) is 0. The van der Waals surface area contributed by atoms with E-state index < -0.39 is 12.3 Å². The van der Waals surface area contributed by atoms with Crippen molar-refractivity contribution in [1.29, 1.82) is 0 Å². The van der Waals surface area contributed by atoms with Crippen molar-refractivity contribution in [3.63, 3.8) is 0 Å². The fraction of sp³-hybridized carbons (Fsp3) is 0.111. The Morgan fingerprint density at radius 1 is 1.31 bits per heavy atom. The molecule has 0 bridgehead atoms. The lowest BCUT2D eigenvalue weighted by atomic mass is 10.1. The van der Waals surface area contributed by atoms with Crippen LogP contribution in [0.3, 0.4) is 0 Å². The molecule has 1 aromatic carbocycles. The smallest absolute Gasteiger partial charge is 0.289 e. The van der Waals surface area contributed by atoms with E-state index in [9.17, 15) is 13.2 Å². The lowest BCUT2D eigenvalue weighted by Crippen LogP contribution is -1.92. The molecule has 0 saturated carbocycles. The number of halogens is 3. The van der Waals surface area contributed by atoms with E-state index in [1.165, 1.54) is 12.1 Å². The molecule has 0 saturated heterocycles. The van der Waals surface area contributed by atoms with Gasteiger partial charge < -0.3 is 5.73 Å². The van der Waals surface area contributed by atoms with Gasteiger partial charge in [0, 0.05) is 11.3 Å². The second-order valence-electron chi connectivity index (χ2n) is 2.46. The molecule has 0 aliphatic carbocycles. The molecule has 0 aliphatic heterocycles. The second kappa shape index (κ2) is 3.98. The predicted molar refractivity (Wildman–Crippen MR) is 45.9 cm³/mol. The van der Waals surface area contributed by atoms with Gasteiger partial charge >= 0.3 is 0 Å². The van der Waals surface area contributed by atoms with E-state index in [-0.39, 0.29) is 11.3 Å². The summed E-state index contributed by atoms with van der Waals surface area (Å²) in [6, 6.07) is 6.23. The Bertz CT molecular complexity index is 320. The quantitative estimate of drug-likeness (QED) is 0.708. The summed E-state index contributed by atoms with van der Waals surface area (Å²) in [4.78, 5) is 0. The maximum absolute atomic E-state index is 12.4. The number of allylic oxidation sites excluding steroid dienone is 1. The van der Waals surface area contributed by atoms with Crippen LogP contribution in [0, 0.1) is 0 Å². The molecule has 4 heteroatoms. The number of para-hydroxylation sites is 1. The number of hydrogen-bond acceptors (Lipinski definition) is 1. The molecular formula is C9H8F3N. The van der Waals surface area contributed by atoms with Crippen LogP contribution in [-0.4, -0.2) is 6.43 Å². The molecule has 1 nitrogen and oxygen atoms in total. The lowest BCUT2D eigenvalue weighted by molar-refractivity contribution is 0.161. The number of nitrogens with two attached hydrogens (primary N) is 1. The molecule has 70 valence electrons. The van der Waals surface area contributed by atoms with Crippen LogP contribution in [0.1, 0.15) is 5.56 Å². The van der Waals surface area contributed by atoms with Gasteiger partial charge in [0.05, 0.1) is 0 Å². The van der Waals surface area contributed by atoms with Crippen molar-refractivity contribution in [3.05, 3.63) is 35.7 Å². The Morgan fingerprint density at radius 3 is 2.46 bits per heavy atom. The minimum atomic E-state index is -3.08. The Hall–Kier alpha value is -1.45. The molecule has 0 radical (unpaired) electrons. The summed E-state index contributed by atoms with van der Waals surface area (Å²) >= 11 is 0. The molecular weight excluding hydrogens is 179 g/mol. The van der Waals surface area contributed by atoms with Crippen LogP contribution in [0.4, 0.5) is 18.9 Å². The molecule has 0 amide bonds. The molecule has 0 fully saturated rings. The van der Waals surface area contributed by atoms with E-state index in [4.69, 9.17) is 5.73 Å². The molecule has 0 aromatic heterocycles. The van der Waals surface area contributed by atoms with Gasteiger partial charge in [0.15, 0.2) is 5.83 Å². The fourth-order valence-corrected chi connectivity index (χ4v) is 0.854. The lowest BCUT2D eigenvalue weighted by Gasteiger charge is -1.99. The molecule has 0 aliphatic rings. The SMILES string of the molecule is Nc1ccccc1/C=C(/F)C(F)F. The average molecular weight is 187 g/mol. The summed E-state index contributed by atoms with van der Waals surface area (Å²) in [6.07, 6.45) is -2.35. The highest BCUT2D eigenvalue weighted by Crippen LogP contribution is 2.18. The van der Waals surface area contributed by atoms with E-state index in [1.54, 1.807) is 12.1 Å². The van der Waals surface area contributed by atoms with Gasteiger partial charge in [-0.25, -0.2) is 13.2 Å². The first-order valence-electron chi connectivity index (χ1n) is 3.61. The highest BCUT2D eigenvalue weighted by atomic mass is 19.3. The number of rotatable bonds is 2. The van der Waals surface area contributed by atoms with Crippen LogP contribution in [0.2, 0.25) is 0 Å². The minimum absolute atomic E-state index is 0.264. The molecule has 1 aromatic rings. The first-order chi connectivity index (χ1) is 6.11. The molecule has 13 heavy (non-hydrogen) atoms. The molecule has 0 heterocycles. The maximum atomic E-state index is 12.4. The van der Waals surface area contributed by atoms with Crippen molar-refractivity contribution < 1.29 is 13.2 Å². The van der Waals surface area contributed by atoms with Gasteiger partial charge in [0.25, 0.3) is 6.43 Å². The van der Waals surface area contributed by atoms with Gasteiger partial charge in [-0.3, -0.25) is 0 Å². The van der Waals surface area contributed by atoms with Crippen LogP contribution in [0.15, 0.2) is 30.1 Å². The highest BCUT2D eigenvalue weighted by Gasteiger charge is 2.09. The van der Waals surface area contributed by atoms with Crippen LogP contribution in [0.5, 0.6) is 0 Å². The van der Waals surface area contributed by atoms with Crippen molar-refractivity contribution in [3.8, 4) is 0 Å².